The number of ketones is 1. The number of benzene rings is 1. The summed E-state index contributed by atoms with van der Waals surface area (Å²) in [4.78, 5) is 14.5. The minimum absolute atomic E-state index is 0.253. The van der Waals surface area contributed by atoms with Crippen LogP contribution in [0.25, 0.3) is 0 Å². The molecule has 1 heterocycles. The Labute approximate surface area is 116 Å². The van der Waals surface area contributed by atoms with Crippen molar-refractivity contribution in [3.63, 3.8) is 0 Å². The van der Waals surface area contributed by atoms with Gasteiger partial charge in [-0.25, -0.2) is 0 Å². The van der Waals surface area contributed by atoms with E-state index >= 15 is 0 Å². The number of nitrogens with zero attached hydrogens (tertiary/aromatic N) is 1. The molecule has 0 saturated carbocycles. The molecule has 0 radical (unpaired) electrons. The molecule has 1 aliphatic heterocycles. The molecule has 1 aromatic rings. The predicted molar refractivity (Wildman–Crippen MR) is 79.4 cm³/mol. The smallest absolute Gasteiger partial charge is 0.176 e. The van der Waals surface area contributed by atoms with Crippen LogP contribution in [-0.4, -0.2) is 30.3 Å². The number of carbonyl (C=O) groups excluding carboxylic acids is 1. The van der Waals surface area contributed by atoms with Crippen LogP contribution in [0.5, 0.6) is 0 Å². The van der Waals surface area contributed by atoms with Gasteiger partial charge in [0.2, 0.25) is 0 Å². The molecule has 0 N–H and O–H groups in total. The average Bonchev–Trinajstić information content (AvgIpc) is 2.65. The van der Waals surface area contributed by atoms with Crippen LogP contribution >= 0.6 is 0 Å². The summed E-state index contributed by atoms with van der Waals surface area (Å²) in [5.41, 5.74) is 0.840. The molecular formula is C17H25NO. The van der Waals surface area contributed by atoms with Crippen molar-refractivity contribution in [3.8, 4) is 0 Å². The van der Waals surface area contributed by atoms with Crippen LogP contribution in [0.1, 0.15) is 43.5 Å². The Balaban J connectivity index is 1.88. The Morgan fingerprint density at radius 1 is 1.21 bits per heavy atom. The number of Topliss-reactive ketones (excluding diaryl/α,β-unsaturated/α-hetero) is 1. The summed E-state index contributed by atoms with van der Waals surface area (Å²) >= 11 is 0. The number of hydrogen-bond donors (Lipinski definition) is 0. The van der Waals surface area contributed by atoms with Crippen molar-refractivity contribution in [1.82, 2.24) is 4.90 Å². The first-order chi connectivity index (χ1) is 9.16. The largest absolute Gasteiger partial charge is 0.296 e. The van der Waals surface area contributed by atoms with Crippen molar-refractivity contribution in [2.24, 2.45) is 11.8 Å². The summed E-state index contributed by atoms with van der Waals surface area (Å²) in [7, 11) is 0. The molecule has 1 atom stereocenters. The molecule has 2 heteroatoms. The second-order valence-electron chi connectivity index (χ2n) is 6.00. The maximum Gasteiger partial charge on any atom is 0.176 e. The predicted octanol–water partition coefficient (Wildman–Crippen LogP) is 3.63. The third-order valence-corrected chi connectivity index (χ3v) is 4.27. The number of rotatable bonds is 4. The molecule has 1 unspecified atom stereocenters. The van der Waals surface area contributed by atoms with Gasteiger partial charge in [0.15, 0.2) is 5.78 Å². The van der Waals surface area contributed by atoms with Crippen molar-refractivity contribution in [1.29, 1.82) is 0 Å². The highest BCUT2D eigenvalue weighted by Gasteiger charge is 2.20. The SMILES string of the molecule is CC(C)C1CCCN(CC(=O)c2ccccc2)CC1. The summed E-state index contributed by atoms with van der Waals surface area (Å²) < 4.78 is 0. The molecule has 104 valence electrons. The first-order valence-corrected chi connectivity index (χ1v) is 7.47. The fraction of sp³-hybridized carbons (Fsp3) is 0.588. The Kier molecular flexibility index (Phi) is 5.15. The van der Waals surface area contributed by atoms with Gasteiger partial charge in [-0.3, -0.25) is 9.69 Å². The van der Waals surface area contributed by atoms with Gasteiger partial charge in [0, 0.05) is 5.56 Å². The van der Waals surface area contributed by atoms with Gasteiger partial charge in [-0.15, -0.1) is 0 Å². The van der Waals surface area contributed by atoms with E-state index in [-0.39, 0.29) is 5.78 Å². The minimum Gasteiger partial charge on any atom is -0.296 e. The van der Waals surface area contributed by atoms with Crippen LogP contribution in [-0.2, 0) is 0 Å². The van der Waals surface area contributed by atoms with Crippen molar-refractivity contribution in [2.45, 2.75) is 33.1 Å². The zero-order valence-corrected chi connectivity index (χ0v) is 12.1. The molecule has 19 heavy (non-hydrogen) atoms. The standard InChI is InChI=1S/C17H25NO/c1-14(2)15-9-6-11-18(12-10-15)13-17(19)16-7-4-3-5-8-16/h3-5,7-8,14-15H,6,9-13H2,1-2H3. The van der Waals surface area contributed by atoms with Crippen molar-refractivity contribution >= 4 is 5.78 Å². The number of hydrogen-bond acceptors (Lipinski definition) is 2. The third kappa shape index (κ3) is 4.17. The summed E-state index contributed by atoms with van der Waals surface area (Å²) in [5, 5.41) is 0. The molecule has 1 fully saturated rings. The molecule has 1 saturated heterocycles. The lowest BCUT2D eigenvalue weighted by Gasteiger charge is -2.20. The molecule has 0 bridgehead atoms. The van der Waals surface area contributed by atoms with E-state index in [9.17, 15) is 4.79 Å². The molecule has 1 aliphatic rings. The zero-order valence-electron chi connectivity index (χ0n) is 12.1. The van der Waals surface area contributed by atoms with Gasteiger partial charge < -0.3 is 0 Å². The molecule has 1 aromatic carbocycles. The van der Waals surface area contributed by atoms with E-state index in [2.05, 4.69) is 18.7 Å². The summed E-state index contributed by atoms with van der Waals surface area (Å²) in [6, 6.07) is 9.65. The topological polar surface area (TPSA) is 20.3 Å². The van der Waals surface area contributed by atoms with Crippen molar-refractivity contribution in [3.05, 3.63) is 35.9 Å². The fourth-order valence-corrected chi connectivity index (χ4v) is 2.92. The van der Waals surface area contributed by atoms with Gasteiger partial charge in [0.1, 0.15) is 0 Å². The first kappa shape index (κ1) is 14.3. The zero-order chi connectivity index (χ0) is 13.7. The van der Waals surface area contributed by atoms with Crippen LogP contribution in [0, 0.1) is 11.8 Å². The average molecular weight is 259 g/mol. The third-order valence-electron chi connectivity index (χ3n) is 4.27. The Morgan fingerprint density at radius 3 is 2.63 bits per heavy atom. The van der Waals surface area contributed by atoms with Crippen LogP contribution in [0.4, 0.5) is 0 Å². The van der Waals surface area contributed by atoms with E-state index in [0.717, 1.165) is 30.5 Å². The van der Waals surface area contributed by atoms with E-state index in [1.165, 1.54) is 19.3 Å². The summed E-state index contributed by atoms with van der Waals surface area (Å²) in [5.74, 6) is 1.85. The lowest BCUT2D eigenvalue weighted by molar-refractivity contribution is 0.0932. The van der Waals surface area contributed by atoms with Gasteiger partial charge in [-0.1, -0.05) is 44.2 Å². The Morgan fingerprint density at radius 2 is 1.95 bits per heavy atom. The maximum absolute atomic E-state index is 12.2. The monoisotopic (exact) mass is 259 g/mol. The van der Waals surface area contributed by atoms with Gasteiger partial charge in [-0.2, -0.15) is 0 Å². The Bertz CT molecular complexity index is 399. The van der Waals surface area contributed by atoms with Crippen LogP contribution in [0.2, 0.25) is 0 Å². The molecule has 0 aromatic heterocycles. The normalized spacial score (nSPS) is 21.3. The molecular weight excluding hydrogens is 234 g/mol. The van der Waals surface area contributed by atoms with E-state index in [4.69, 9.17) is 0 Å². The second-order valence-corrected chi connectivity index (χ2v) is 6.00. The molecule has 0 aliphatic carbocycles. The highest BCUT2D eigenvalue weighted by molar-refractivity contribution is 5.97. The summed E-state index contributed by atoms with van der Waals surface area (Å²) in [6.07, 6.45) is 3.78. The fourth-order valence-electron chi connectivity index (χ4n) is 2.92. The molecule has 2 rings (SSSR count). The number of carbonyl (C=O) groups is 1. The van der Waals surface area contributed by atoms with Crippen molar-refractivity contribution in [2.75, 3.05) is 19.6 Å². The van der Waals surface area contributed by atoms with E-state index in [1.807, 2.05) is 30.3 Å². The van der Waals surface area contributed by atoms with Crippen LogP contribution in [0.3, 0.4) is 0 Å². The second kappa shape index (κ2) is 6.85. The first-order valence-electron chi connectivity index (χ1n) is 7.47. The van der Waals surface area contributed by atoms with E-state index in [0.29, 0.717) is 6.54 Å². The lowest BCUT2D eigenvalue weighted by Crippen LogP contribution is -2.31. The van der Waals surface area contributed by atoms with E-state index < -0.39 is 0 Å². The number of likely N-dealkylation sites (tertiary alicyclic amines) is 1. The Hall–Kier alpha value is -1.15. The van der Waals surface area contributed by atoms with Gasteiger partial charge in [0.05, 0.1) is 6.54 Å². The highest BCUT2D eigenvalue weighted by Crippen LogP contribution is 2.24. The maximum atomic E-state index is 12.2. The molecule has 2 nitrogen and oxygen atoms in total. The van der Waals surface area contributed by atoms with Crippen molar-refractivity contribution < 1.29 is 4.79 Å². The van der Waals surface area contributed by atoms with Crippen LogP contribution in [0.15, 0.2) is 30.3 Å². The minimum atomic E-state index is 0.253. The van der Waals surface area contributed by atoms with Gasteiger partial charge in [0.25, 0.3) is 0 Å². The lowest BCUT2D eigenvalue weighted by atomic mass is 9.89. The van der Waals surface area contributed by atoms with Crippen LogP contribution < -0.4 is 0 Å². The molecule has 0 amide bonds. The quantitative estimate of drug-likeness (QED) is 0.770. The van der Waals surface area contributed by atoms with Gasteiger partial charge in [-0.05, 0) is 44.2 Å². The highest BCUT2D eigenvalue weighted by atomic mass is 16.1. The van der Waals surface area contributed by atoms with E-state index in [1.54, 1.807) is 0 Å². The van der Waals surface area contributed by atoms with Gasteiger partial charge >= 0.3 is 0 Å². The molecule has 0 spiro atoms. The summed E-state index contributed by atoms with van der Waals surface area (Å²) in [6.45, 7) is 7.35.